The summed E-state index contributed by atoms with van der Waals surface area (Å²) in [6.45, 7) is 3.96. The van der Waals surface area contributed by atoms with Crippen LogP contribution < -0.4 is 10.5 Å². The molecule has 2 N–H and O–H groups in total. The summed E-state index contributed by atoms with van der Waals surface area (Å²) in [5, 5.41) is 0. The van der Waals surface area contributed by atoms with Crippen LogP contribution in [0.5, 0.6) is 11.5 Å². The molecule has 2 rings (SSSR count). The Hall–Kier alpha value is -2.03. The van der Waals surface area contributed by atoms with E-state index in [1.807, 2.05) is 38.1 Å². The molecule has 82 valence electrons. The number of anilines is 1. The van der Waals surface area contributed by atoms with Crippen LogP contribution in [0.3, 0.4) is 0 Å². The monoisotopic (exact) mass is 214 g/mol. The molecule has 0 amide bonds. The zero-order valence-electron chi connectivity index (χ0n) is 9.40. The quantitative estimate of drug-likeness (QED) is 0.781. The minimum Gasteiger partial charge on any atom is -0.455 e. The summed E-state index contributed by atoms with van der Waals surface area (Å²) in [4.78, 5) is 4.02. The van der Waals surface area contributed by atoms with Crippen molar-refractivity contribution in [3.63, 3.8) is 0 Å². The molecule has 0 atom stereocenters. The molecular weight excluding hydrogens is 200 g/mol. The molecular formula is C13H14N2O. The maximum absolute atomic E-state index is 5.85. The number of hydrogen-bond donors (Lipinski definition) is 1. The van der Waals surface area contributed by atoms with Gasteiger partial charge in [0.1, 0.15) is 5.75 Å². The van der Waals surface area contributed by atoms with Gasteiger partial charge in [-0.15, -0.1) is 0 Å². The van der Waals surface area contributed by atoms with Crippen LogP contribution in [0.1, 0.15) is 11.1 Å². The fraction of sp³-hybridized carbons (Fsp3) is 0.154. The normalized spacial score (nSPS) is 10.1. The molecule has 0 aliphatic heterocycles. The van der Waals surface area contributed by atoms with Crippen molar-refractivity contribution in [2.75, 3.05) is 5.73 Å². The molecule has 0 saturated heterocycles. The van der Waals surface area contributed by atoms with Crippen molar-refractivity contribution < 1.29 is 4.74 Å². The molecule has 1 heterocycles. The van der Waals surface area contributed by atoms with Gasteiger partial charge in [-0.05, 0) is 37.6 Å². The van der Waals surface area contributed by atoms with Gasteiger partial charge in [-0.25, -0.2) is 0 Å². The van der Waals surface area contributed by atoms with Gasteiger partial charge in [-0.1, -0.05) is 6.07 Å². The fourth-order valence-electron chi connectivity index (χ4n) is 1.42. The van der Waals surface area contributed by atoms with Crippen molar-refractivity contribution in [3.05, 3.63) is 47.8 Å². The maximum Gasteiger partial charge on any atom is 0.150 e. The van der Waals surface area contributed by atoms with Crippen LogP contribution in [-0.2, 0) is 0 Å². The molecule has 0 bridgehead atoms. The van der Waals surface area contributed by atoms with E-state index >= 15 is 0 Å². The van der Waals surface area contributed by atoms with Crippen LogP contribution in [0, 0.1) is 13.8 Å². The van der Waals surface area contributed by atoms with E-state index in [2.05, 4.69) is 4.98 Å². The third-order valence-electron chi connectivity index (χ3n) is 2.36. The van der Waals surface area contributed by atoms with Crippen LogP contribution in [0.25, 0.3) is 0 Å². The van der Waals surface area contributed by atoms with Crippen LogP contribution in [0.2, 0.25) is 0 Å². The van der Waals surface area contributed by atoms with E-state index in [0.29, 0.717) is 11.4 Å². The van der Waals surface area contributed by atoms with Gasteiger partial charge >= 0.3 is 0 Å². The second kappa shape index (κ2) is 4.23. The van der Waals surface area contributed by atoms with Gasteiger partial charge in [0.15, 0.2) is 5.75 Å². The van der Waals surface area contributed by atoms with Crippen molar-refractivity contribution in [1.82, 2.24) is 4.98 Å². The first-order chi connectivity index (χ1) is 7.66. The van der Waals surface area contributed by atoms with Crippen molar-refractivity contribution in [2.45, 2.75) is 13.8 Å². The Bertz CT molecular complexity index is 509. The lowest BCUT2D eigenvalue weighted by Gasteiger charge is -2.10. The molecule has 0 unspecified atom stereocenters. The number of hydrogen-bond acceptors (Lipinski definition) is 3. The summed E-state index contributed by atoms with van der Waals surface area (Å²) >= 11 is 0. The second-order valence-electron chi connectivity index (χ2n) is 3.78. The Morgan fingerprint density at radius 1 is 1.12 bits per heavy atom. The number of rotatable bonds is 2. The van der Waals surface area contributed by atoms with Crippen LogP contribution in [-0.4, -0.2) is 4.98 Å². The lowest BCUT2D eigenvalue weighted by molar-refractivity contribution is 0.480. The molecule has 2 aromatic rings. The Kier molecular flexibility index (Phi) is 2.77. The second-order valence-corrected chi connectivity index (χ2v) is 3.78. The average Bonchev–Trinajstić information content (AvgIpc) is 2.27. The molecule has 0 radical (unpaired) electrons. The number of nitrogens with two attached hydrogens (primary N) is 1. The largest absolute Gasteiger partial charge is 0.455 e. The molecule has 0 spiro atoms. The van der Waals surface area contributed by atoms with E-state index in [1.54, 1.807) is 12.4 Å². The van der Waals surface area contributed by atoms with Crippen molar-refractivity contribution in [1.29, 1.82) is 0 Å². The highest BCUT2D eigenvalue weighted by molar-refractivity contribution is 5.55. The van der Waals surface area contributed by atoms with E-state index in [-0.39, 0.29) is 0 Å². The lowest BCUT2D eigenvalue weighted by atomic mass is 10.2. The van der Waals surface area contributed by atoms with Gasteiger partial charge < -0.3 is 10.5 Å². The van der Waals surface area contributed by atoms with Crippen molar-refractivity contribution in [3.8, 4) is 11.5 Å². The average molecular weight is 214 g/mol. The standard InChI is InChI=1S/C13H14N2O/c1-9-3-4-11(14)13(7-9)16-12-5-6-15-8-10(12)2/h3-8H,14H2,1-2H3. The van der Waals surface area contributed by atoms with E-state index in [0.717, 1.165) is 16.9 Å². The highest BCUT2D eigenvalue weighted by Gasteiger charge is 2.04. The SMILES string of the molecule is Cc1ccc(N)c(Oc2ccncc2C)c1. The summed E-state index contributed by atoms with van der Waals surface area (Å²) in [5.41, 5.74) is 8.60. The molecule has 0 saturated carbocycles. The predicted octanol–water partition coefficient (Wildman–Crippen LogP) is 3.07. The van der Waals surface area contributed by atoms with Crippen LogP contribution in [0.4, 0.5) is 5.69 Å². The molecule has 3 heteroatoms. The Balaban J connectivity index is 2.34. The number of pyridine rings is 1. The third-order valence-corrected chi connectivity index (χ3v) is 2.36. The Morgan fingerprint density at radius 2 is 1.94 bits per heavy atom. The molecule has 0 aliphatic rings. The van der Waals surface area contributed by atoms with E-state index in [4.69, 9.17) is 10.5 Å². The zero-order chi connectivity index (χ0) is 11.5. The molecule has 1 aromatic carbocycles. The molecule has 1 aromatic heterocycles. The first-order valence-corrected chi connectivity index (χ1v) is 5.11. The van der Waals surface area contributed by atoms with Gasteiger partial charge in [0.25, 0.3) is 0 Å². The first kappa shape index (κ1) is 10.5. The van der Waals surface area contributed by atoms with Gasteiger partial charge in [-0.3, -0.25) is 4.98 Å². The predicted molar refractivity (Wildman–Crippen MR) is 64.6 cm³/mol. The Labute approximate surface area is 94.9 Å². The summed E-state index contributed by atoms with van der Waals surface area (Å²) in [5.74, 6) is 1.47. The summed E-state index contributed by atoms with van der Waals surface area (Å²) in [6, 6.07) is 7.56. The van der Waals surface area contributed by atoms with Crippen molar-refractivity contribution in [2.24, 2.45) is 0 Å². The number of nitrogen functional groups attached to an aromatic ring is 1. The van der Waals surface area contributed by atoms with Gasteiger partial charge in [-0.2, -0.15) is 0 Å². The lowest BCUT2D eigenvalue weighted by Crippen LogP contribution is -1.94. The number of aromatic nitrogens is 1. The van der Waals surface area contributed by atoms with Gasteiger partial charge in [0, 0.05) is 18.0 Å². The first-order valence-electron chi connectivity index (χ1n) is 5.11. The molecule has 0 fully saturated rings. The third kappa shape index (κ3) is 2.14. The van der Waals surface area contributed by atoms with Crippen LogP contribution in [0.15, 0.2) is 36.7 Å². The zero-order valence-corrected chi connectivity index (χ0v) is 9.40. The van der Waals surface area contributed by atoms with E-state index < -0.39 is 0 Å². The smallest absolute Gasteiger partial charge is 0.150 e. The van der Waals surface area contributed by atoms with Crippen molar-refractivity contribution >= 4 is 5.69 Å². The highest BCUT2D eigenvalue weighted by Crippen LogP contribution is 2.29. The summed E-state index contributed by atoms with van der Waals surface area (Å²) in [6.07, 6.45) is 3.47. The minimum atomic E-state index is 0.641. The number of nitrogens with zero attached hydrogens (tertiary/aromatic N) is 1. The van der Waals surface area contributed by atoms with E-state index in [9.17, 15) is 0 Å². The van der Waals surface area contributed by atoms with Crippen LogP contribution >= 0.6 is 0 Å². The number of benzene rings is 1. The summed E-state index contributed by atoms with van der Waals surface area (Å²) < 4.78 is 5.76. The molecule has 0 aliphatic carbocycles. The fourth-order valence-corrected chi connectivity index (χ4v) is 1.42. The molecule has 3 nitrogen and oxygen atoms in total. The van der Waals surface area contributed by atoms with E-state index in [1.165, 1.54) is 0 Å². The highest BCUT2D eigenvalue weighted by atomic mass is 16.5. The summed E-state index contributed by atoms with van der Waals surface area (Å²) in [7, 11) is 0. The molecule has 16 heavy (non-hydrogen) atoms. The van der Waals surface area contributed by atoms with Gasteiger partial charge in [0.05, 0.1) is 5.69 Å². The topological polar surface area (TPSA) is 48.1 Å². The number of aryl methyl sites for hydroxylation is 2. The maximum atomic E-state index is 5.85. The Morgan fingerprint density at radius 3 is 2.69 bits per heavy atom. The number of ether oxygens (including phenoxy) is 1. The van der Waals surface area contributed by atoms with Gasteiger partial charge in [0.2, 0.25) is 0 Å². The minimum absolute atomic E-state index is 0.641.